The van der Waals surface area contributed by atoms with Crippen LogP contribution in [0.4, 0.5) is 0 Å². The molecule has 44 heteroatoms. The average Bonchev–Trinajstić information content (AvgIpc) is 1.06. The lowest BCUT2D eigenvalue weighted by Gasteiger charge is -2.30. The van der Waals surface area contributed by atoms with Crippen LogP contribution in [0.1, 0.15) is 127 Å². The summed E-state index contributed by atoms with van der Waals surface area (Å²) in [6.45, 7) is 7.79. The number of carboxylic acid groups (broad SMARTS) is 1. The SMILES string of the molecule is CC[C@H](C)[C@@H]1NC(=O)[C@H](CCCCN)NC(=O)[C@H](Cc2ccc(O)cc2)NC(=O)[C@H](Cc2ccc(O)cc2)NC(=O)[C@H](Cc2c[nH]cn2)NC(=O)[C@H](Cc2c[nH]cn2)NC(=O)[C@H](Cc2ccc(O)cc2)NC(=O)CSC[C@@H](C(=O)NCC(N)=O)NC(=O)CNC(=O)[C@H](CC(C)C)NC(=O)[C@H](CCC(=O)O)NC(=O)CNC(=O)[C@H](Cc2ccc(O)cc2)NC(=O)[C@H](CC(C)C)NC1=O. The van der Waals surface area contributed by atoms with Gasteiger partial charge < -0.3 is 127 Å². The van der Waals surface area contributed by atoms with Gasteiger partial charge in [-0.05, 0) is 134 Å². The number of nitrogens with zero attached hydrogens (tertiary/aromatic N) is 2. The molecule has 0 saturated carbocycles. The summed E-state index contributed by atoms with van der Waals surface area (Å²) in [5.74, 6) is -20.4. The van der Waals surface area contributed by atoms with Crippen molar-refractivity contribution in [1.82, 2.24) is 99.7 Å². The first-order valence-corrected chi connectivity index (χ1v) is 44.3. The van der Waals surface area contributed by atoms with Crippen molar-refractivity contribution in [2.75, 3.05) is 37.7 Å². The van der Waals surface area contributed by atoms with Crippen LogP contribution >= 0.6 is 11.8 Å². The van der Waals surface area contributed by atoms with Crippen molar-refractivity contribution in [1.29, 1.82) is 0 Å². The van der Waals surface area contributed by atoms with Gasteiger partial charge in [0.2, 0.25) is 94.5 Å². The first-order chi connectivity index (χ1) is 62.8. The Morgan fingerprint density at radius 2 is 0.765 bits per heavy atom. The lowest BCUT2D eigenvalue weighted by atomic mass is 9.95. The molecule has 0 unspecified atom stereocenters. The van der Waals surface area contributed by atoms with Crippen molar-refractivity contribution < 1.29 is 107 Å². The largest absolute Gasteiger partial charge is 0.508 e. The van der Waals surface area contributed by atoms with E-state index >= 15 is 28.8 Å². The van der Waals surface area contributed by atoms with Gasteiger partial charge in [-0.3, -0.25) is 81.5 Å². The maximum atomic E-state index is 15.4. The highest BCUT2D eigenvalue weighted by atomic mass is 32.2. The van der Waals surface area contributed by atoms with Gasteiger partial charge in [0, 0.05) is 63.1 Å². The molecule has 714 valence electrons. The van der Waals surface area contributed by atoms with Crippen molar-refractivity contribution in [2.24, 2.45) is 29.2 Å². The molecular formula is C88H119N21O22S. The van der Waals surface area contributed by atoms with E-state index in [1.165, 1.54) is 122 Å². The van der Waals surface area contributed by atoms with E-state index in [2.05, 4.69) is 99.7 Å². The minimum absolute atomic E-state index is 0.0824. The molecular weight excluding hydrogens is 1740 g/mol. The van der Waals surface area contributed by atoms with Crippen LogP contribution in [-0.2, 0) is 120 Å². The molecule has 1 saturated heterocycles. The van der Waals surface area contributed by atoms with E-state index in [1.54, 1.807) is 41.5 Å². The number of H-pyrrole nitrogens is 2. The number of benzene rings is 4. The van der Waals surface area contributed by atoms with Crippen LogP contribution in [0.15, 0.2) is 122 Å². The summed E-state index contributed by atoms with van der Waals surface area (Å²) >= 11 is 0.733. The molecule has 13 atom stereocenters. The molecule has 7 rings (SSSR count). The van der Waals surface area contributed by atoms with Gasteiger partial charge in [-0.1, -0.05) is 96.5 Å². The number of carboxylic acids is 1. The van der Waals surface area contributed by atoms with Crippen LogP contribution in [0.25, 0.3) is 0 Å². The molecule has 0 bridgehead atoms. The normalized spacial score (nSPS) is 22.3. The zero-order valence-electron chi connectivity index (χ0n) is 74.0. The molecule has 132 heavy (non-hydrogen) atoms. The van der Waals surface area contributed by atoms with Gasteiger partial charge in [0.05, 0.1) is 49.4 Å². The third-order valence-corrected chi connectivity index (χ3v) is 22.1. The molecule has 6 aromatic rings. The molecule has 0 spiro atoms. The summed E-state index contributed by atoms with van der Waals surface area (Å²) in [5.41, 5.74) is 13.1. The van der Waals surface area contributed by atoms with Gasteiger partial charge in [-0.15, -0.1) is 11.8 Å². The number of aromatic hydroxyl groups is 4. The van der Waals surface area contributed by atoms with Gasteiger partial charge in [0.1, 0.15) is 95.5 Å². The molecule has 16 amide bonds. The standard InChI is InChI=1S/C88H119N21O22S/c1-7-49(6)76-88(131)108-63(31-48(4)5)82(125)103-64(32-50-11-19-56(110)20-12-50)78(121)95-41-72(115)98-61(27-28-75(118)119)80(123)102-62(30-47(2)3)77(120)94-42-73(116)100-70(79(122)93-40-71(90)114)43-132-44-74(117)99-65(33-51-13-21-57(111)22-14-51)83(126)106-69(37-55-39-92-46-97-55)87(130)107-68(36-54-38-91-45-96-54)86(129)105-67(35-53-17-25-59(113)26-18-53)85(128)104-66(34-52-15-23-58(112)24-16-52)84(127)101-60(81(124)109-76)10-8-9-29-89/h11-26,38-39,45-49,60-70,76,110-113H,7-10,27-37,40-44,89H2,1-6H3,(H2,90,114)(H,91,96)(H,92,97)(H,93,122)(H,94,120)(H,95,121)(H,98,115)(H,99,117)(H,100,116)(H,101,127)(H,102,123)(H,103,125)(H,104,128)(H,105,129)(H,106,126)(H,107,130)(H,108,131)(H,109,124)(H,118,119)/t49-,60-,61-,62-,63-,64-,65-,66-,67-,68-,69-,70-,76-/m0/s1. The number of phenolic OH excluding ortho intramolecular Hbond substituents is 4. The summed E-state index contributed by atoms with van der Waals surface area (Å²) < 4.78 is 0. The lowest BCUT2D eigenvalue weighted by Crippen LogP contribution is -2.62. The fraction of sp³-hybridized carbons (Fsp3) is 0.466. The van der Waals surface area contributed by atoms with Crippen molar-refractivity contribution >= 4 is 112 Å². The molecule has 1 fully saturated rings. The van der Waals surface area contributed by atoms with Gasteiger partial charge in [0.25, 0.3) is 0 Å². The van der Waals surface area contributed by atoms with Gasteiger partial charge in [-0.25, -0.2) is 9.97 Å². The molecule has 4 aromatic carbocycles. The molecule has 0 aliphatic carbocycles. The number of carbonyl (C=O) groups is 17. The number of phenols is 4. The maximum Gasteiger partial charge on any atom is 0.303 e. The molecule has 43 nitrogen and oxygen atoms in total. The van der Waals surface area contributed by atoms with E-state index in [-0.39, 0.29) is 117 Å². The number of imidazole rings is 2. The van der Waals surface area contributed by atoms with E-state index < -0.39 is 229 Å². The Balaban J connectivity index is 1.31. The number of hydrogen-bond donors (Lipinski definition) is 24. The highest BCUT2D eigenvalue weighted by Crippen LogP contribution is 2.21. The van der Waals surface area contributed by atoms with E-state index in [4.69, 9.17) is 11.5 Å². The Morgan fingerprint density at radius 3 is 1.16 bits per heavy atom. The van der Waals surface area contributed by atoms with Crippen LogP contribution in [-0.4, -0.2) is 256 Å². The topological polar surface area (TPSA) is 681 Å². The second kappa shape index (κ2) is 53.1. The Kier molecular flexibility index (Phi) is 42.2. The van der Waals surface area contributed by atoms with Crippen molar-refractivity contribution in [3.05, 3.63) is 156 Å². The van der Waals surface area contributed by atoms with Crippen molar-refractivity contribution in [3.63, 3.8) is 0 Å². The van der Waals surface area contributed by atoms with Gasteiger partial charge in [0.15, 0.2) is 0 Å². The highest BCUT2D eigenvalue weighted by molar-refractivity contribution is 8.00. The fourth-order valence-electron chi connectivity index (χ4n) is 13.8. The van der Waals surface area contributed by atoms with Crippen molar-refractivity contribution in [3.8, 4) is 23.0 Å². The number of unbranched alkanes of at least 4 members (excludes halogenated alkanes) is 1. The molecule has 1 aliphatic rings. The molecule has 1 aliphatic heterocycles. The number of nitrogens with two attached hydrogens (primary N) is 2. The van der Waals surface area contributed by atoms with Crippen LogP contribution < -0.4 is 91.2 Å². The third kappa shape index (κ3) is 36.4. The fourth-order valence-corrected chi connectivity index (χ4v) is 14.7. The predicted octanol–water partition coefficient (Wildman–Crippen LogP) is -2.76. The second-order valence-corrected chi connectivity index (χ2v) is 33.9. The Bertz CT molecular complexity index is 4890. The Morgan fingerprint density at radius 1 is 0.424 bits per heavy atom. The number of aliphatic carboxylic acids is 1. The summed E-state index contributed by atoms with van der Waals surface area (Å²) in [7, 11) is 0. The number of nitrogens with one attached hydrogen (secondary N) is 17. The maximum absolute atomic E-state index is 15.4. The monoisotopic (exact) mass is 1850 g/mol. The highest BCUT2D eigenvalue weighted by Gasteiger charge is 2.39. The Hall–Kier alpha value is -14.2. The first-order valence-electron chi connectivity index (χ1n) is 43.1. The number of primary amides is 1. The number of aromatic nitrogens is 4. The van der Waals surface area contributed by atoms with Crippen LogP contribution in [0.3, 0.4) is 0 Å². The summed E-state index contributed by atoms with van der Waals surface area (Å²) in [6, 6.07) is 3.00. The summed E-state index contributed by atoms with van der Waals surface area (Å²) in [6.07, 6.45) is 2.42. The van der Waals surface area contributed by atoms with E-state index in [0.29, 0.717) is 28.7 Å². The average molecular weight is 1860 g/mol. The molecule has 26 N–H and O–H groups in total. The van der Waals surface area contributed by atoms with E-state index in [0.717, 1.165) is 11.8 Å². The molecule has 3 heterocycles. The zero-order valence-corrected chi connectivity index (χ0v) is 74.8. The minimum Gasteiger partial charge on any atom is -0.508 e. The third-order valence-electron chi connectivity index (χ3n) is 21.1. The lowest BCUT2D eigenvalue weighted by molar-refractivity contribution is -0.138. The van der Waals surface area contributed by atoms with E-state index in [1.807, 2.05) is 0 Å². The number of hydrogen-bond acceptors (Lipinski definition) is 25. The number of amides is 16. The van der Waals surface area contributed by atoms with Gasteiger partial charge >= 0.3 is 5.97 Å². The number of thioether (sulfide) groups is 1. The quantitative estimate of drug-likeness (QED) is 0.0221. The minimum atomic E-state index is -1.71. The molecule has 2 aromatic heterocycles. The molecule has 0 radical (unpaired) electrons. The second-order valence-electron chi connectivity index (χ2n) is 32.8. The number of rotatable bonds is 28. The van der Waals surface area contributed by atoms with E-state index in [9.17, 15) is 78.3 Å². The number of aromatic amines is 2. The Labute approximate surface area is 765 Å². The van der Waals surface area contributed by atoms with Crippen LogP contribution in [0.5, 0.6) is 23.0 Å². The summed E-state index contributed by atoms with van der Waals surface area (Å²) in [5, 5.41) is 89.8. The smallest absolute Gasteiger partial charge is 0.303 e. The number of carbonyl (C=O) groups excluding carboxylic acids is 16. The summed E-state index contributed by atoms with van der Waals surface area (Å²) in [4.78, 5) is 258. The predicted molar refractivity (Wildman–Crippen MR) is 479 cm³/mol. The zero-order chi connectivity index (χ0) is 96.7. The van der Waals surface area contributed by atoms with Crippen LogP contribution in [0.2, 0.25) is 0 Å². The first kappa shape index (κ1) is 105. The van der Waals surface area contributed by atoms with Crippen LogP contribution in [0, 0.1) is 17.8 Å². The van der Waals surface area contributed by atoms with Crippen molar-refractivity contribution in [2.45, 2.75) is 204 Å². The van der Waals surface area contributed by atoms with Gasteiger partial charge in [-0.2, -0.15) is 0 Å².